The molecule has 0 aromatic carbocycles. The van der Waals surface area contributed by atoms with Crippen molar-refractivity contribution in [1.29, 1.82) is 0 Å². The smallest absolute Gasteiger partial charge is 0.0234 e. The van der Waals surface area contributed by atoms with Gasteiger partial charge in [0.05, 0.1) is 0 Å². The van der Waals surface area contributed by atoms with E-state index in [9.17, 15) is 0 Å². The highest BCUT2D eigenvalue weighted by Crippen LogP contribution is 2.20. The zero-order chi connectivity index (χ0) is 10.7. The van der Waals surface area contributed by atoms with Gasteiger partial charge in [0.25, 0.3) is 0 Å². The lowest BCUT2D eigenvalue weighted by atomic mass is 9.98. The van der Waals surface area contributed by atoms with Crippen LogP contribution in [0, 0.1) is 0 Å². The van der Waals surface area contributed by atoms with Gasteiger partial charge in [0.15, 0.2) is 0 Å². The van der Waals surface area contributed by atoms with E-state index in [2.05, 4.69) is 22.3 Å². The van der Waals surface area contributed by atoms with Crippen molar-refractivity contribution < 1.29 is 0 Å². The highest BCUT2D eigenvalue weighted by molar-refractivity contribution is 4.83. The summed E-state index contributed by atoms with van der Waals surface area (Å²) < 4.78 is 0. The first-order valence-electron chi connectivity index (χ1n) is 6.18. The molecule has 2 aliphatic heterocycles. The van der Waals surface area contributed by atoms with Crippen molar-refractivity contribution >= 4 is 0 Å². The second-order valence-electron chi connectivity index (χ2n) is 5.01. The number of nitrogens with zero attached hydrogens (tertiary/aromatic N) is 2. The molecule has 0 aromatic heterocycles. The third-order valence-corrected chi connectivity index (χ3v) is 3.97. The average Bonchev–Trinajstić information content (AvgIpc) is 2.30. The van der Waals surface area contributed by atoms with E-state index in [-0.39, 0.29) is 0 Å². The molecular weight excluding hydrogens is 188 g/mol. The van der Waals surface area contributed by atoms with Crippen LogP contribution in [0.2, 0.25) is 0 Å². The molecule has 2 heterocycles. The van der Waals surface area contributed by atoms with Gasteiger partial charge in [-0.25, -0.2) is 0 Å². The van der Waals surface area contributed by atoms with E-state index in [1.54, 1.807) is 0 Å². The van der Waals surface area contributed by atoms with E-state index in [1.165, 1.54) is 51.9 Å². The minimum Gasteiger partial charge on any atom is -0.306 e. The van der Waals surface area contributed by atoms with E-state index >= 15 is 0 Å². The predicted octanol–water partition coefficient (Wildman–Crippen LogP) is 0.00830. The van der Waals surface area contributed by atoms with Crippen molar-refractivity contribution in [3.8, 4) is 0 Å². The van der Waals surface area contributed by atoms with Crippen LogP contribution in [0.15, 0.2) is 0 Å². The second kappa shape index (κ2) is 5.25. The minimum absolute atomic E-state index is 0.549. The summed E-state index contributed by atoms with van der Waals surface area (Å²) in [6.45, 7) is 4.98. The first kappa shape index (κ1) is 11.3. The van der Waals surface area contributed by atoms with Crippen molar-refractivity contribution in [3.63, 3.8) is 0 Å². The Morgan fingerprint density at radius 1 is 1.00 bits per heavy atom. The molecule has 3 N–H and O–H groups in total. The standard InChI is InChI=1S/C11H24N4/c1-14-6-4-11(5-7-14)15-8-2-10(13-12)3-9-15/h10-11,13H,2-9,12H2,1H3. The van der Waals surface area contributed by atoms with E-state index in [0.29, 0.717) is 6.04 Å². The fraction of sp³-hybridized carbons (Fsp3) is 1.00. The number of nitrogens with one attached hydrogen (secondary N) is 1. The van der Waals surface area contributed by atoms with Crippen molar-refractivity contribution in [3.05, 3.63) is 0 Å². The summed E-state index contributed by atoms with van der Waals surface area (Å²) in [5.74, 6) is 5.47. The summed E-state index contributed by atoms with van der Waals surface area (Å²) in [7, 11) is 2.22. The molecule has 2 aliphatic rings. The Hall–Kier alpha value is -0.160. The lowest BCUT2D eigenvalue weighted by Crippen LogP contribution is -2.50. The van der Waals surface area contributed by atoms with Crippen LogP contribution in [0.1, 0.15) is 25.7 Å². The molecule has 0 saturated carbocycles. The monoisotopic (exact) mass is 212 g/mol. The molecule has 4 nitrogen and oxygen atoms in total. The molecule has 0 aliphatic carbocycles. The Balaban J connectivity index is 1.75. The van der Waals surface area contributed by atoms with Gasteiger partial charge in [-0.1, -0.05) is 0 Å². The number of likely N-dealkylation sites (tertiary alicyclic amines) is 2. The third kappa shape index (κ3) is 2.91. The van der Waals surface area contributed by atoms with Crippen LogP contribution in [0.3, 0.4) is 0 Å². The van der Waals surface area contributed by atoms with Gasteiger partial charge in [0, 0.05) is 12.1 Å². The average molecular weight is 212 g/mol. The first-order chi connectivity index (χ1) is 7.29. The molecule has 0 radical (unpaired) electrons. The van der Waals surface area contributed by atoms with Gasteiger partial charge in [-0.05, 0) is 58.9 Å². The van der Waals surface area contributed by atoms with Crippen molar-refractivity contribution in [2.45, 2.75) is 37.8 Å². The molecule has 15 heavy (non-hydrogen) atoms. The van der Waals surface area contributed by atoms with Crippen LogP contribution in [0.4, 0.5) is 0 Å². The van der Waals surface area contributed by atoms with Crippen LogP contribution in [-0.2, 0) is 0 Å². The lowest BCUT2D eigenvalue weighted by molar-refractivity contribution is 0.0924. The van der Waals surface area contributed by atoms with Crippen LogP contribution < -0.4 is 11.3 Å². The summed E-state index contributed by atoms with van der Waals surface area (Å²) in [6.07, 6.45) is 5.11. The quantitative estimate of drug-likeness (QED) is 0.500. The topological polar surface area (TPSA) is 44.5 Å². The molecule has 4 heteroatoms. The summed E-state index contributed by atoms with van der Waals surface area (Å²) >= 11 is 0. The zero-order valence-corrected chi connectivity index (χ0v) is 9.78. The SMILES string of the molecule is CN1CCC(N2CCC(NN)CC2)CC1. The number of hydrogen-bond donors (Lipinski definition) is 2. The van der Waals surface area contributed by atoms with Crippen molar-refractivity contribution in [2.24, 2.45) is 5.84 Å². The Kier molecular flexibility index (Phi) is 3.97. The Morgan fingerprint density at radius 2 is 1.60 bits per heavy atom. The number of nitrogens with two attached hydrogens (primary N) is 1. The summed E-state index contributed by atoms with van der Waals surface area (Å²) in [5.41, 5.74) is 2.90. The maximum Gasteiger partial charge on any atom is 0.0234 e. The highest BCUT2D eigenvalue weighted by atomic mass is 15.3. The summed E-state index contributed by atoms with van der Waals surface area (Å²) in [5, 5.41) is 0. The van der Waals surface area contributed by atoms with Gasteiger partial charge in [-0.15, -0.1) is 0 Å². The Bertz CT molecular complexity index is 181. The first-order valence-corrected chi connectivity index (χ1v) is 6.18. The predicted molar refractivity (Wildman–Crippen MR) is 62.4 cm³/mol. The number of piperidine rings is 2. The van der Waals surface area contributed by atoms with Gasteiger partial charge >= 0.3 is 0 Å². The van der Waals surface area contributed by atoms with Gasteiger partial charge in [0.1, 0.15) is 0 Å². The summed E-state index contributed by atoms with van der Waals surface area (Å²) in [4.78, 5) is 5.10. The molecular formula is C11H24N4. The van der Waals surface area contributed by atoms with Crippen molar-refractivity contribution in [2.75, 3.05) is 33.2 Å². The largest absolute Gasteiger partial charge is 0.306 e. The van der Waals surface area contributed by atoms with E-state index in [1.807, 2.05) is 0 Å². The van der Waals surface area contributed by atoms with E-state index in [0.717, 1.165) is 6.04 Å². The number of hydrogen-bond acceptors (Lipinski definition) is 4. The maximum atomic E-state index is 5.47. The molecule has 0 unspecified atom stereocenters. The molecule has 2 rings (SSSR count). The molecule has 0 spiro atoms. The van der Waals surface area contributed by atoms with Crippen molar-refractivity contribution in [1.82, 2.24) is 15.2 Å². The molecule has 2 saturated heterocycles. The van der Waals surface area contributed by atoms with Crippen LogP contribution in [0.5, 0.6) is 0 Å². The summed E-state index contributed by atoms with van der Waals surface area (Å²) in [6, 6.07) is 1.38. The minimum atomic E-state index is 0.549. The Labute approximate surface area is 92.8 Å². The molecule has 0 aromatic rings. The van der Waals surface area contributed by atoms with Crippen LogP contribution in [-0.4, -0.2) is 55.1 Å². The van der Waals surface area contributed by atoms with Crippen LogP contribution in [0.25, 0.3) is 0 Å². The molecule has 0 bridgehead atoms. The fourth-order valence-electron chi connectivity index (χ4n) is 2.79. The Morgan fingerprint density at radius 3 is 2.13 bits per heavy atom. The van der Waals surface area contributed by atoms with Gasteiger partial charge in [0.2, 0.25) is 0 Å². The normalized spacial score (nSPS) is 28.4. The number of rotatable bonds is 2. The third-order valence-electron chi connectivity index (χ3n) is 3.97. The highest BCUT2D eigenvalue weighted by Gasteiger charge is 2.26. The van der Waals surface area contributed by atoms with E-state index in [4.69, 9.17) is 5.84 Å². The van der Waals surface area contributed by atoms with Gasteiger partial charge in [-0.2, -0.15) is 0 Å². The van der Waals surface area contributed by atoms with Crippen LogP contribution >= 0.6 is 0 Å². The number of hydrazine groups is 1. The molecule has 0 amide bonds. The maximum absolute atomic E-state index is 5.47. The molecule has 0 atom stereocenters. The second-order valence-corrected chi connectivity index (χ2v) is 5.01. The molecule has 2 fully saturated rings. The van der Waals surface area contributed by atoms with Gasteiger partial charge in [-0.3, -0.25) is 11.3 Å². The fourth-order valence-corrected chi connectivity index (χ4v) is 2.79. The lowest BCUT2D eigenvalue weighted by Gasteiger charge is -2.40. The molecule has 88 valence electrons. The van der Waals surface area contributed by atoms with Gasteiger partial charge < -0.3 is 9.80 Å². The van der Waals surface area contributed by atoms with E-state index < -0.39 is 0 Å². The zero-order valence-electron chi connectivity index (χ0n) is 9.78.